The van der Waals surface area contributed by atoms with Crippen molar-refractivity contribution in [1.82, 2.24) is 0 Å². The van der Waals surface area contributed by atoms with Crippen molar-refractivity contribution in [3.05, 3.63) is 98.3 Å². The normalized spacial score (nSPS) is 14.2. The van der Waals surface area contributed by atoms with E-state index in [1.807, 2.05) is 49.4 Å². The highest BCUT2D eigenvalue weighted by Gasteiger charge is 2.24. The van der Waals surface area contributed by atoms with Crippen LogP contribution in [-0.4, -0.2) is 24.9 Å². The molecule has 0 N–H and O–H groups in total. The van der Waals surface area contributed by atoms with Crippen LogP contribution in [-0.2, 0) is 9.53 Å². The molecule has 0 spiro atoms. The van der Waals surface area contributed by atoms with Gasteiger partial charge in [0.1, 0.15) is 0 Å². The fourth-order valence-corrected chi connectivity index (χ4v) is 3.88. The van der Waals surface area contributed by atoms with Gasteiger partial charge in [0.05, 0.1) is 16.2 Å². The first-order valence-corrected chi connectivity index (χ1v) is 10.8. The van der Waals surface area contributed by atoms with E-state index >= 15 is 0 Å². The number of benzene rings is 3. The predicted octanol–water partition coefficient (Wildman–Crippen LogP) is 5.17. The molecule has 0 amide bonds. The Kier molecular flexibility index (Phi) is 6.36. The lowest BCUT2D eigenvalue weighted by atomic mass is 10.1. The quantitative estimate of drug-likeness (QED) is 0.194. The maximum absolute atomic E-state index is 12.7. The highest BCUT2D eigenvalue weighted by Crippen LogP contribution is 2.35. The van der Waals surface area contributed by atoms with Crippen LogP contribution in [0.25, 0.3) is 6.08 Å². The molecular formula is C25H18INO5. The fraction of sp³-hybridized carbons (Fsp3) is 0.0800. The van der Waals surface area contributed by atoms with Gasteiger partial charge in [-0.25, -0.2) is 14.6 Å². The zero-order valence-corrected chi connectivity index (χ0v) is 19.5. The molecule has 7 heteroatoms. The molecule has 0 unspecified atom stereocenters. The highest BCUT2D eigenvalue weighted by molar-refractivity contribution is 14.1. The molecule has 0 fully saturated rings. The molecule has 160 valence electrons. The predicted molar refractivity (Wildman–Crippen MR) is 129 cm³/mol. The van der Waals surface area contributed by atoms with Gasteiger partial charge < -0.3 is 14.2 Å². The Hall–Kier alpha value is -3.46. The zero-order chi connectivity index (χ0) is 22.7. The van der Waals surface area contributed by atoms with E-state index in [0.717, 1.165) is 11.1 Å². The van der Waals surface area contributed by atoms with Crippen molar-refractivity contribution >= 4 is 46.5 Å². The summed E-state index contributed by atoms with van der Waals surface area (Å²) in [5, 5.41) is 0. The number of cyclic esters (lactones) is 1. The standard InChI is InChI=1S/C25H18INO5/c1-15-8-6-7-11-18(15)24(28)31-22-19(26)12-16(14-21(22)30-2)13-20-25(29)32-23(27-20)17-9-4-3-5-10-17/h3-14H,1-2H3/b20-13-. The van der Waals surface area contributed by atoms with Crippen molar-refractivity contribution in [1.29, 1.82) is 0 Å². The first kappa shape index (κ1) is 21.8. The number of aryl methyl sites for hydroxylation is 1. The molecule has 3 aromatic rings. The monoisotopic (exact) mass is 539 g/mol. The first-order valence-electron chi connectivity index (χ1n) is 9.69. The van der Waals surface area contributed by atoms with E-state index in [9.17, 15) is 9.59 Å². The number of hydrogen-bond acceptors (Lipinski definition) is 6. The number of methoxy groups -OCH3 is 1. The topological polar surface area (TPSA) is 74.2 Å². The second-order valence-corrected chi connectivity index (χ2v) is 8.10. The van der Waals surface area contributed by atoms with Gasteiger partial charge in [0.2, 0.25) is 5.90 Å². The molecule has 0 saturated heterocycles. The smallest absolute Gasteiger partial charge is 0.363 e. The van der Waals surface area contributed by atoms with Crippen molar-refractivity contribution in [2.24, 2.45) is 4.99 Å². The maximum Gasteiger partial charge on any atom is 0.363 e. The number of ether oxygens (including phenoxy) is 3. The summed E-state index contributed by atoms with van der Waals surface area (Å²) in [5.41, 5.74) is 2.85. The van der Waals surface area contributed by atoms with Gasteiger partial charge in [0, 0.05) is 5.56 Å². The Morgan fingerprint density at radius 3 is 2.50 bits per heavy atom. The van der Waals surface area contributed by atoms with Crippen LogP contribution in [0.3, 0.4) is 0 Å². The van der Waals surface area contributed by atoms with Gasteiger partial charge in [-0.05, 0) is 77.0 Å². The van der Waals surface area contributed by atoms with Gasteiger partial charge in [-0.1, -0.05) is 36.4 Å². The third-order valence-electron chi connectivity index (χ3n) is 4.76. The summed E-state index contributed by atoms with van der Waals surface area (Å²) in [4.78, 5) is 29.3. The number of carbonyl (C=O) groups is 2. The first-order chi connectivity index (χ1) is 15.5. The summed E-state index contributed by atoms with van der Waals surface area (Å²) in [7, 11) is 1.49. The summed E-state index contributed by atoms with van der Waals surface area (Å²) in [6.45, 7) is 1.85. The number of nitrogens with zero attached hydrogens (tertiary/aromatic N) is 1. The Bertz CT molecular complexity index is 1260. The van der Waals surface area contributed by atoms with Gasteiger partial charge in [0.15, 0.2) is 17.2 Å². The molecule has 1 aliphatic rings. The van der Waals surface area contributed by atoms with E-state index in [4.69, 9.17) is 14.2 Å². The number of hydrogen-bond donors (Lipinski definition) is 0. The van der Waals surface area contributed by atoms with Gasteiger partial charge in [-0.2, -0.15) is 0 Å². The van der Waals surface area contributed by atoms with Crippen LogP contribution < -0.4 is 9.47 Å². The van der Waals surface area contributed by atoms with E-state index < -0.39 is 11.9 Å². The number of carbonyl (C=O) groups excluding carboxylic acids is 2. The van der Waals surface area contributed by atoms with Crippen molar-refractivity contribution in [2.45, 2.75) is 6.92 Å². The zero-order valence-electron chi connectivity index (χ0n) is 17.3. The Labute approximate surface area is 198 Å². The summed E-state index contributed by atoms with van der Waals surface area (Å²) in [5.74, 6) is -0.0719. The lowest BCUT2D eigenvalue weighted by molar-refractivity contribution is -0.129. The lowest BCUT2D eigenvalue weighted by Crippen LogP contribution is -2.11. The summed E-state index contributed by atoms with van der Waals surface area (Å²) in [6, 6.07) is 19.9. The molecule has 1 heterocycles. The number of esters is 2. The minimum atomic E-state index is -0.534. The second kappa shape index (κ2) is 9.35. The van der Waals surface area contributed by atoms with Crippen molar-refractivity contribution in [2.75, 3.05) is 7.11 Å². The van der Waals surface area contributed by atoms with Crippen molar-refractivity contribution < 1.29 is 23.8 Å². The van der Waals surface area contributed by atoms with Gasteiger partial charge in [0.25, 0.3) is 0 Å². The van der Waals surface area contributed by atoms with Crippen LogP contribution in [0.15, 0.2) is 77.4 Å². The lowest BCUT2D eigenvalue weighted by Gasteiger charge is -2.13. The molecular weight excluding hydrogens is 521 g/mol. The average molecular weight is 539 g/mol. The van der Waals surface area contributed by atoms with E-state index in [1.54, 1.807) is 30.3 Å². The van der Waals surface area contributed by atoms with Crippen LogP contribution in [0.5, 0.6) is 11.5 Å². The SMILES string of the molecule is COc1cc(/C=C2\N=C(c3ccccc3)OC2=O)cc(I)c1OC(=O)c1ccccc1C. The maximum atomic E-state index is 12.7. The van der Waals surface area contributed by atoms with Gasteiger partial charge >= 0.3 is 11.9 Å². The van der Waals surface area contributed by atoms with E-state index in [-0.39, 0.29) is 11.6 Å². The fourth-order valence-electron chi connectivity index (χ4n) is 3.14. The van der Waals surface area contributed by atoms with Gasteiger partial charge in [-0.3, -0.25) is 0 Å². The van der Waals surface area contributed by atoms with Gasteiger partial charge in [-0.15, -0.1) is 0 Å². The molecule has 0 radical (unpaired) electrons. The van der Waals surface area contributed by atoms with Crippen LogP contribution >= 0.6 is 22.6 Å². The average Bonchev–Trinajstić information content (AvgIpc) is 3.16. The molecule has 1 aliphatic heterocycles. The molecule has 6 nitrogen and oxygen atoms in total. The molecule has 3 aromatic carbocycles. The molecule has 0 saturated carbocycles. The Morgan fingerprint density at radius 1 is 1.06 bits per heavy atom. The number of aliphatic imine (C=N–C) groups is 1. The second-order valence-electron chi connectivity index (χ2n) is 6.94. The third-order valence-corrected chi connectivity index (χ3v) is 5.56. The minimum absolute atomic E-state index is 0.173. The molecule has 32 heavy (non-hydrogen) atoms. The Morgan fingerprint density at radius 2 is 1.78 bits per heavy atom. The van der Waals surface area contributed by atoms with E-state index in [2.05, 4.69) is 27.6 Å². The van der Waals surface area contributed by atoms with E-state index in [1.165, 1.54) is 7.11 Å². The highest BCUT2D eigenvalue weighted by atomic mass is 127. The molecule has 0 atom stereocenters. The van der Waals surface area contributed by atoms with Crippen LogP contribution in [0, 0.1) is 10.5 Å². The molecule has 0 aromatic heterocycles. The van der Waals surface area contributed by atoms with E-state index in [0.29, 0.717) is 26.2 Å². The number of halogens is 1. The summed E-state index contributed by atoms with van der Waals surface area (Å²) in [6.07, 6.45) is 1.61. The van der Waals surface area contributed by atoms with Crippen molar-refractivity contribution in [3.63, 3.8) is 0 Å². The minimum Gasteiger partial charge on any atom is -0.493 e. The molecule has 0 bridgehead atoms. The summed E-state index contributed by atoms with van der Waals surface area (Å²) >= 11 is 2.06. The van der Waals surface area contributed by atoms with Crippen molar-refractivity contribution in [3.8, 4) is 11.5 Å². The largest absolute Gasteiger partial charge is 0.493 e. The van der Waals surface area contributed by atoms with Crippen LogP contribution in [0.2, 0.25) is 0 Å². The Balaban J connectivity index is 1.64. The summed E-state index contributed by atoms with van der Waals surface area (Å²) < 4.78 is 17.0. The number of rotatable bonds is 5. The van der Waals surface area contributed by atoms with Crippen LogP contribution in [0.1, 0.15) is 27.0 Å². The third kappa shape index (κ3) is 4.57. The molecule has 0 aliphatic carbocycles. The molecule has 4 rings (SSSR count). The van der Waals surface area contributed by atoms with Crippen LogP contribution in [0.4, 0.5) is 0 Å².